The minimum absolute atomic E-state index is 0.0291. The first-order chi connectivity index (χ1) is 13.3. The van der Waals surface area contributed by atoms with Crippen molar-refractivity contribution in [2.45, 2.75) is 24.7 Å². The van der Waals surface area contributed by atoms with Gasteiger partial charge >= 0.3 is 5.97 Å². The standard InChI is InChI=1S/C19H19ClN2O5S/c1-2-27-19(24)16-12-13(5-10-17(16)20)21-28(25,26)15-8-6-14(7-9-15)22-11-3-4-18(22)23/h5-10,12,21H,2-4,11H2,1H3. The summed E-state index contributed by atoms with van der Waals surface area (Å²) >= 11 is 6.00. The van der Waals surface area contributed by atoms with E-state index in [-0.39, 0.29) is 33.7 Å². The van der Waals surface area contributed by atoms with Gasteiger partial charge in [0.2, 0.25) is 5.91 Å². The van der Waals surface area contributed by atoms with Crippen LogP contribution >= 0.6 is 11.6 Å². The highest BCUT2D eigenvalue weighted by Crippen LogP contribution is 2.26. The lowest BCUT2D eigenvalue weighted by molar-refractivity contribution is -0.117. The Morgan fingerprint density at radius 2 is 1.93 bits per heavy atom. The van der Waals surface area contributed by atoms with Gasteiger partial charge in [0.05, 0.1) is 22.1 Å². The molecular weight excluding hydrogens is 404 g/mol. The maximum Gasteiger partial charge on any atom is 0.339 e. The maximum atomic E-state index is 12.6. The molecule has 0 radical (unpaired) electrons. The van der Waals surface area contributed by atoms with Crippen molar-refractivity contribution in [1.29, 1.82) is 0 Å². The van der Waals surface area contributed by atoms with Gasteiger partial charge in [0.25, 0.3) is 10.0 Å². The summed E-state index contributed by atoms with van der Waals surface area (Å²) in [5.74, 6) is -0.602. The second-order valence-corrected chi connectivity index (χ2v) is 8.25. The van der Waals surface area contributed by atoms with E-state index in [1.54, 1.807) is 24.0 Å². The maximum absolute atomic E-state index is 12.6. The molecule has 3 rings (SSSR count). The lowest BCUT2D eigenvalue weighted by atomic mass is 10.2. The van der Waals surface area contributed by atoms with E-state index in [0.29, 0.717) is 18.7 Å². The predicted octanol–water partition coefficient (Wildman–Crippen LogP) is 3.44. The zero-order valence-electron chi connectivity index (χ0n) is 15.1. The molecule has 0 bridgehead atoms. The fraction of sp³-hybridized carbons (Fsp3) is 0.263. The predicted molar refractivity (Wildman–Crippen MR) is 106 cm³/mol. The third-order valence-corrected chi connectivity index (χ3v) is 5.97. The number of ether oxygens (including phenoxy) is 1. The Kier molecular flexibility index (Phi) is 5.90. The summed E-state index contributed by atoms with van der Waals surface area (Å²) in [7, 11) is -3.88. The molecule has 1 aliphatic heterocycles. The van der Waals surface area contributed by atoms with Gasteiger partial charge in [-0.3, -0.25) is 9.52 Å². The van der Waals surface area contributed by atoms with Crippen molar-refractivity contribution in [2.24, 2.45) is 0 Å². The lowest BCUT2D eigenvalue weighted by Gasteiger charge is -2.16. The molecule has 0 aromatic heterocycles. The summed E-state index contributed by atoms with van der Waals surface area (Å²) < 4.78 is 32.6. The molecular formula is C19H19ClN2O5S. The number of nitrogens with zero attached hydrogens (tertiary/aromatic N) is 1. The van der Waals surface area contributed by atoms with Crippen LogP contribution in [0.5, 0.6) is 0 Å². The molecule has 28 heavy (non-hydrogen) atoms. The van der Waals surface area contributed by atoms with Gasteiger partial charge in [0, 0.05) is 24.3 Å². The minimum Gasteiger partial charge on any atom is -0.462 e. The van der Waals surface area contributed by atoms with E-state index in [4.69, 9.17) is 16.3 Å². The van der Waals surface area contributed by atoms with Crippen LogP contribution in [0.25, 0.3) is 0 Å². The molecule has 1 N–H and O–H groups in total. The molecule has 1 saturated heterocycles. The van der Waals surface area contributed by atoms with Crippen LogP contribution in [0.3, 0.4) is 0 Å². The van der Waals surface area contributed by atoms with Crippen molar-refractivity contribution in [1.82, 2.24) is 0 Å². The second kappa shape index (κ2) is 8.20. The number of benzene rings is 2. The number of sulfonamides is 1. The molecule has 1 heterocycles. The molecule has 7 nitrogen and oxygen atoms in total. The van der Waals surface area contributed by atoms with Gasteiger partial charge in [-0.1, -0.05) is 11.6 Å². The highest BCUT2D eigenvalue weighted by Gasteiger charge is 2.23. The average Bonchev–Trinajstić information content (AvgIpc) is 3.09. The third-order valence-electron chi connectivity index (χ3n) is 4.25. The first-order valence-electron chi connectivity index (χ1n) is 8.72. The van der Waals surface area contributed by atoms with Crippen LogP contribution < -0.4 is 9.62 Å². The molecule has 0 unspecified atom stereocenters. The Bertz CT molecular complexity index is 1010. The van der Waals surface area contributed by atoms with Crippen molar-refractivity contribution in [3.63, 3.8) is 0 Å². The molecule has 0 saturated carbocycles. The first-order valence-corrected chi connectivity index (χ1v) is 10.6. The van der Waals surface area contributed by atoms with Gasteiger partial charge in [-0.2, -0.15) is 0 Å². The van der Waals surface area contributed by atoms with Gasteiger partial charge in [-0.25, -0.2) is 13.2 Å². The Balaban J connectivity index is 1.81. The molecule has 148 valence electrons. The number of hydrogen-bond acceptors (Lipinski definition) is 5. The Hall–Kier alpha value is -2.58. The average molecular weight is 423 g/mol. The largest absolute Gasteiger partial charge is 0.462 e. The minimum atomic E-state index is -3.88. The third kappa shape index (κ3) is 4.28. The van der Waals surface area contributed by atoms with E-state index in [1.165, 1.54) is 30.3 Å². The van der Waals surface area contributed by atoms with E-state index in [2.05, 4.69) is 4.72 Å². The summed E-state index contributed by atoms with van der Waals surface area (Å²) in [4.78, 5) is 25.4. The summed E-state index contributed by atoms with van der Waals surface area (Å²) in [6, 6.07) is 10.3. The summed E-state index contributed by atoms with van der Waals surface area (Å²) in [5.41, 5.74) is 0.926. The van der Waals surface area contributed by atoms with Gasteiger partial charge in [0.15, 0.2) is 0 Å². The summed E-state index contributed by atoms with van der Waals surface area (Å²) in [5, 5.41) is 0.168. The second-order valence-electron chi connectivity index (χ2n) is 6.16. The van der Waals surface area contributed by atoms with E-state index in [1.807, 2.05) is 0 Å². The number of halogens is 1. The highest BCUT2D eigenvalue weighted by molar-refractivity contribution is 7.92. The van der Waals surface area contributed by atoms with Crippen molar-refractivity contribution in [2.75, 3.05) is 22.8 Å². The van der Waals surface area contributed by atoms with E-state index in [9.17, 15) is 18.0 Å². The number of amides is 1. The van der Waals surface area contributed by atoms with Crippen molar-refractivity contribution in [3.05, 3.63) is 53.1 Å². The zero-order chi connectivity index (χ0) is 20.3. The normalized spacial score (nSPS) is 14.2. The van der Waals surface area contributed by atoms with Crippen LogP contribution in [-0.2, 0) is 19.6 Å². The number of nitrogens with one attached hydrogen (secondary N) is 1. The smallest absolute Gasteiger partial charge is 0.339 e. The molecule has 2 aromatic rings. The molecule has 0 aliphatic carbocycles. The van der Waals surface area contributed by atoms with Crippen LogP contribution in [0.15, 0.2) is 47.4 Å². The van der Waals surface area contributed by atoms with Gasteiger partial charge in [-0.05, 0) is 55.8 Å². The van der Waals surface area contributed by atoms with Crippen molar-refractivity contribution >= 4 is 44.9 Å². The SMILES string of the molecule is CCOC(=O)c1cc(NS(=O)(=O)c2ccc(N3CCCC3=O)cc2)ccc1Cl. The van der Waals surface area contributed by atoms with Crippen LogP contribution in [-0.4, -0.2) is 33.4 Å². The number of carbonyl (C=O) groups is 2. The van der Waals surface area contributed by atoms with E-state index < -0.39 is 16.0 Å². The molecule has 0 spiro atoms. The van der Waals surface area contributed by atoms with Gasteiger partial charge < -0.3 is 9.64 Å². The zero-order valence-corrected chi connectivity index (χ0v) is 16.7. The molecule has 2 aromatic carbocycles. The van der Waals surface area contributed by atoms with Crippen molar-refractivity contribution in [3.8, 4) is 0 Å². The Morgan fingerprint density at radius 1 is 1.21 bits per heavy atom. The van der Waals surface area contributed by atoms with E-state index in [0.717, 1.165) is 6.42 Å². The highest BCUT2D eigenvalue weighted by atomic mass is 35.5. The number of rotatable bonds is 6. The first kappa shape index (κ1) is 20.2. The number of hydrogen-bond donors (Lipinski definition) is 1. The topological polar surface area (TPSA) is 92.8 Å². The quantitative estimate of drug-likeness (QED) is 0.720. The van der Waals surface area contributed by atoms with Crippen molar-refractivity contribution < 1.29 is 22.7 Å². The van der Waals surface area contributed by atoms with Crippen LogP contribution in [0.4, 0.5) is 11.4 Å². The molecule has 1 aliphatic rings. The van der Waals surface area contributed by atoms with Crippen LogP contribution in [0.1, 0.15) is 30.1 Å². The molecule has 1 fully saturated rings. The van der Waals surface area contributed by atoms with Crippen LogP contribution in [0, 0.1) is 0 Å². The van der Waals surface area contributed by atoms with Crippen LogP contribution in [0.2, 0.25) is 5.02 Å². The monoisotopic (exact) mass is 422 g/mol. The Morgan fingerprint density at radius 3 is 2.54 bits per heavy atom. The summed E-state index contributed by atoms with van der Waals surface area (Å²) in [6.45, 7) is 2.47. The van der Waals surface area contributed by atoms with E-state index >= 15 is 0 Å². The lowest BCUT2D eigenvalue weighted by Crippen LogP contribution is -2.23. The van der Waals surface area contributed by atoms with Gasteiger partial charge in [-0.15, -0.1) is 0 Å². The fourth-order valence-corrected chi connectivity index (χ4v) is 4.14. The fourth-order valence-electron chi connectivity index (χ4n) is 2.89. The number of carbonyl (C=O) groups excluding carboxylic acids is 2. The summed E-state index contributed by atoms with van der Waals surface area (Å²) in [6.07, 6.45) is 1.29. The number of esters is 1. The number of anilines is 2. The van der Waals surface area contributed by atoms with Gasteiger partial charge in [0.1, 0.15) is 0 Å². The molecule has 1 amide bonds. The molecule has 9 heteroatoms. The molecule has 0 atom stereocenters. The Labute approximate surface area is 168 Å².